The van der Waals surface area contributed by atoms with Crippen molar-refractivity contribution in [1.82, 2.24) is 4.90 Å². The number of rotatable bonds is 5. The predicted octanol–water partition coefficient (Wildman–Crippen LogP) is 1.83. The summed E-state index contributed by atoms with van der Waals surface area (Å²) >= 11 is 0. The first-order valence-corrected chi connectivity index (χ1v) is 6.42. The molecule has 7 nitrogen and oxygen atoms in total. The van der Waals surface area contributed by atoms with E-state index in [-0.39, 0.29) is 12.5 Å². The minimum atomic E-state index is -0.956. The molecule has 0 aliphatic carbocycles. The summed E-state index contributed by atoms with van der Waals surface area (Å²) in [6.07, 6.45) is 0. The lowest BCUT2D eigenvalue weighted by atomic mass is 10.2. The fourth-order valence-electron chi connectivity index (χ4n) is 1.67. The monoisotopic (exact) mass is 293 g/mol. The van der Waals surface area contributed by atoms with Gasteiger partial charge in [-0.3, -0.25) is 9.59 Å². The van der Waals surface area contributed by atoms with Crippen LogP contribution in [0.3, 0.4) is 0 Å². The second-order valence-electron chi connectivity index (χ2n) is 4.81. The molecule has 3 amide bonds. The van der Waals surface area contributed by atoms with Crippen molar-refractivity contribution in [3.63, 3.8) is 0 Å². The van der Waals surface area contributed by atoms with Gasteiger partial charge in [-0.05, 0) is 18.2 Å². The normalized spacial score (nSPS) is 11.4. The van der Waals surface area contributed by atoms with Crippen molar-refractivity contribution in [2.75, 3.05) is 24.2 Å². The van der Waals surface area contributed by atoms with Crippen molar-refractivity contribution < 1.29 is 19.5 Å². The third-order valence-corrected chi connectivity index (χ3v) is 2.75. The fraction of sp³-hybridized carbons (Fsp3) is 0.357. The van der Waals surface area contributed by atoms with Gasteiger partial charge in [0, 0.05) is 31.9 Å². The van der Waals surface area contributed by atoms with Gasteiger partial charge in [-0.1, -0.05) is 13.0 Å². The van der Waals surface area contributed by atoms with Crippen LogP contribution in [0.1, 0.15) is 13.8 Å². The van der Waals surface area contributed by atoms with Crippen LogP contribution in [-0.2, 0) is 9.59 Å². The highest BCUT2D eigenvalue weighted by atomic mass is 16.4. The summed E-state index contributed by atoms with van der Waals surface area (Å²) in [4.78, 5) is 35.0. The number of anilines is 2. The van der Waals surface area contributed by atoms with E-state index in [1.807, 2.05) is 0 Å². The van der Waals surface area contributed by atoms with E-state index in [0.29, 0.717) is 11.4 Å². The molecule has 0 spiro atoms. The maximum atomic E-state index is 11.9. The van der Waals surface area contributed by atoms with Gasteiger partial charge in [-0.15, -0.1) is 0 Å². The molecule has 0 heterocycles. The second-order valence-corrected chi connectivity index (χ2v) is 4.81. The summed E-state index contributed by atoms with van der Waals surface area (Å²) < 4.78 is 0. The quantitative estimate of drug-likeness (QED) is 0.771. The Balaban J connectivity index is 2.65. The first kappa shape index (κ1) is 16.5. The smallest absolute Gasteiger partial charge is 0.321 e. The molecule has 0 saturated heterocycles. The van der Waals surface area contributed by atoms with Crippen LogP contribution in [0.4, 0.5) is 16.2 Å². The molecule has 7 heteroatoms. The third-order valence-electron chi connectivity index (χ3n) is 2.75. The topological polar surface area (TPSA) is 98.7 Å². The Bertz CT molecular complexity index is 545. The number of carbonyl (C=O) groups is 3. The van der Waals surface area contributed by atoms with Crippen molar-refractivity contribution in [1.29, 1.82) is 0 Å². The van der Waals surface area contributed by atoms with Crippen molar-refractivity contribution >= 4 is 29.3 Å². The number of aliphatic carboxylic acids is 1. The van der Waals surface area contributed by atoms with Gasteiger partial charge in [-0.2, -0.15) is 0 Å². The summed E-state index contributed by atoms with van der Waals surface area (Å²) in [6, 6.07) is 6.28. The average molecular weight is 293 g/mol. The van der Waals surface area contributed by atoms with Gasteiger partial charge in [-0.25, -0.2) is 4.79 Å². The van der Waals surface area contributed by atoms with E-state index in [4.69, 9.17) is 5.11 Å². The predicted molar refractivity (Wildman–Crippen MR) is 79.2 cm³/mol. The molecule has 1 rings (SSSR count). The van der Waals surface area contributed by atoms with Gasteiger partial charge >= 0.3 is 12.0 Å². The Morgan fingerprint density at radius 1 is 1.24 bits per heavy atom. The molecule has 0 aliphatic rings. The maximum absolute atomic E-state index is 11.9. The molecule has 0 bridgehead atoms. The van der Waals surface area contributed by atoms with Gasteiger partial charge in [0.05, 0.1) is 5.92 Å². The van der Waals surface area contributed by atoms with E-state index in [2.05, 4.69) is 10.6 Å². The van der Waals surface area contributed by atoms with Crippen LogP contribution in [-0.4, -0.2) is 41.5 Å². The number of hydrogen-bond donors (Lipinski definition) is 3. The molecule has 1 aromatic carbocycles. The Kier molecular flexibility index (Phi) is 5.71. The number of carboxylic acids is 1. The molecule has 0 fully saturated rings. The van der Waals surface area contributed by atoms with E-state index >= 15 is 0 Å². The Hall–Kier alpha value is -2.57. The van der Waals surface area contributed by atoms with Gasteiger partial charge in [0.1, 0.15) is 0 Å². The molecule has 21 heavy (non-hydrogen) atoms. The number of amides is 3. The number of nitrogens with one attached hydrogen (secondary N) is 2. The van der Waals surface area contributed by atoms with Crippen LogP contribution in [0.25, 0.3) is 0 Å². The molecule has 0 aromatic heterocycles. The summed E-state index contributed by atoms with van der Waals surface area (Å²) in [5, 5.41) is 14.1. The van der Waals surface area contributed by atoms with Gasteiger partial charge in [0.2, 0.25) is 5.91 Å². The number of urea groups is 1. The average Bonchev–Trinajstić information content (AvgIpc) is 2.37. The number of hydrogen-bond acceptors (Lipinski definition) is 3. The first-order chi connectivity index (χ1) is 9.79. The van der Waals surface area contributed by atoms with Crippen LogP contribution in [0, 0.1) is 5.92 Å². The van der Waals surface area contributed by atoms with Crippen LogP contribution >= 0.6 is 0 Å². The van der Waals surface area contributed by atoms with Gasteiger partial charge in [0.25, 0.3) is 0 Å². The van der Waals surface area contributed by atoms with Crippen molar-refractivity contribution in [2.24, 2.45) is 5.92 Å². The van der Waals surface area contributed by atoms with E-state index in [1.165, 1.54) is 25.8 Å². The number of nitrogens with zero attached hydrogens (tertiary/aromatic N) is 1. The molecule has 1 atom stereocenters. The lowest BCUT2D eigenvalue weighted by Gasteiger charge is -2.20. The number of carboxylic acid groups (broad SMARTS) is 1. The standard InChI is InChI=1S/C14H19N3O4/c1-9(13(19)20)8-17(3)14(21)16-12-6-4-5-11(7-12)15-10(2)18/h4-7,9H,8H2,1-3H3,(H,15,18)(H,16,21)(H,19,20). The first-order valence-electron chi connectivity index (χ1n) is 6.42. The summed E-state index contributed by atoms with van der Waals surface area (Å²) in [7, 11) is 1.52. The number of benzene rings is 1. The van der Waals surface area contributed by atoms with Gasteiger partial charge < -0.3 is 20.6 Å². The molecule has 0 radical (unpaired) electrons. The van der Waals surface area contributed by atoms with E-state index in [9.17, 15) is 14.4 Å². The molecule has 3 N–H and O–H groups in total. The zero-order valence-electron chi connectivity index (χ0n) is 12.2. The lowest BCUT2D eigenvalue weighted by molar-refractivity contribution is -0.141. The van der Waals surface area contributed by atoms with E-state index in [0.717, 1.165) is 0 Å². The maximum Gasteiger partial charge on any atom is 0.321 e. The van der Waals surface area contributed by atoms with Crippen molar-refractivity contribution in [2.45, 2.75) is 13.8 Å². The number of carbonyl (C=O) groups excluding carboxylic acids is 2. The minimum Gasteiger partial charge on any atom is -0.481 e. The SMILES string of the molecule is CC(=O)Nc1cccc(NC(=O)N(C)CC(C)C(=O)O)c1. The summed E-state index contributed by atoms with van der Waals surface area (Å²) in [5.74, 6) is -1.81. The molecule has 1 aromatic rings. The van der Waals surface area contributed by atoms with Crippen LogP contribution in [0.15, 0.2) is 24.3 Å². The molecule has 0 saturated carbocycles. The Morgan fingerprint density at radius 2 is 1.81 bits per heavy atom. The fourth-order valence-corrected chi connectivity index (χ4v) is 1.67. The largest absolute Gasteiger partial charge is 0.481 e. The Labute approximate surface area is 122 Å². The highest BCUT2D eigenvalue weighted by Crippen LogP contribution is 2.15. The van der Waals surface area contributed by atoms with Crippen LogP contribution < -0.4 is 10.6 Å². The summed E-state index contributed by atoms with van der Waals surface area (Å²) in [5.41, 5.74) is 1.09. The minimum absolute atomic E-state index is 0.104. The zero-order valence-corrected chi connectivity index (χ0v) is 12.2. The molecule has 114 valence electrons. The zero-order chi connectivity index (χ0) is 16.0. The Morgan fingerprint density at radius 3 is 2.33 bits per heavy atom. The second kappa shape index (κ2) is 7.28. The van der Waals surface area contributed by atoms with Gasteiger partial charge in [0.15, 0.2) is 0 Å². The van der Waals surface area contributed by atoms with Crippen molar-refractivity contribution in [3.8, 4) is 0 Å². The van der Waals surface area contributed by atoms with E-state index < -0.39 is 17.9 Å². The molecule has 1 unspecified atom stereocenters. The van der Waals surface area contributed by atoms with Crippen molar-refractivity contribution in [3.05, 3.63) is 24.3 Å². The van der Waals surface area contributed by atoms with Crippen LogP contribution in [0.2, 0.25) is 0 Å². The van der Waals surface area contributed by atoms with Crippen LogP contribution in [0.5, 0.6) is 0 Å². The lowest BCUT2D eigenvalue weighted by Crippen LogP contribution is -2.36. The summed E-state index contributed by atoms with van der Waals surface area (Å²) in [6.45, 7) is 3.03. The highest BCUT2D eigenvalue weighted by molar-refractivity contribution is 5.92. The molecular weight excluding hydrogens is 274 g/mol. The molecular formula is C14H19N3O4. The highest BCUT2D eigenvalue weighted by Gasteiger charge is 2.17. The molecule has 0 aliphatic heterocycles. The van der Waals surface area contributed by atoms with E-state index in [1.54, 1.807) is 24.3 Å². The third kappa shape index (κ3) is 5.52.